The number of carbonyl (C=O) groups is 1. The largest absolute Gasteiger partial charge is 0.394 e. The molecule has 0 spiro atoms. The highest BCUT2D eigenvalue weighted by atomic mass is 32.2. The number of rotatable bonds is 5. The number of anilines is 1. The number of sulfonamides is 1. The van der Waals surface area contributed by atoms with Crippen molar-refractivity contribution in [1.29, 1.82) is 0 Å². The van der Waals surface area contributed by atoms with Crippen molar-refractivity contribution < 1.29 is 22.0 Å². The molecule has 9 heteroatoms. The predicted molar refractivity (Wildman–Crippen MR) is 71.7 cm³/mol. The minimum Gasteiger partial charge on any atom is -0.394 e. The molecule has 0 aliphatic heterocycles. The van der Waals surface area contributed by atoms with Crippen LogP contribution in [0.3, 0.4) is 0 Å². The molecule has 0 bridgehead atoms. The molecule has 6 nitrogen and oxygen atoms in total. The molecule has 1 unspecified atom stereocenters. The molecule has 2 rings (SSSR count). The van der Waals surface area contributed by atoms with Crippen molar-refractivity contribution in [3.8, 4) is 0 Å². The van der Waals surface area contributed by atoms with Crippen LogP contribution in [0.2, 0.25) is 0 Å². The molecule has 1 atom stereocenters. The molecular formula is C12H15F2N3O3S. The van der Waals surface area contributed by atoms with E-state index < -0.39 is 44.2 Å². The van der Waals surface area contributed by atoms with E-state index in [0.717, 1.165) is 25.0 Å². The van der Waals surface area contributed by atoms with E-state index in [4.69, 9.17) is 5.73 Å². The molecule has 1 aromatic rings. The molecule has 1 aliphatic rings. The second-order valence-corrected chi connectivity index (χ2v) is 6.58. The second-order valence-electron chi connectivity index (χ2n) is 4.90. The van der Waals surface area contributed by atoms with E-state index in [1.807, 2.05) is 4.72 Å². The quantitative estimate of drug-likeness (QED) is 0.688. The summed E-state index contributed by atoms with van der Waals surface area (Å²) in [6.45, 7) is 1.33. The van der Waals surface area contributed by atoms with Gasteiger partial charge in [0.25, 0.3) is 0 Å². The molecule has 116 valence electrons. The van der Waals surface area contributed by atoms with Crippen LogP contribution in [-0.2, 0) is 14.8 Å². The highest BCUT2D eigenvalue weighted by molar-refractivity contribution is 7.89. The predicted octanol–water partition coefficient (Wildman–Crippen LogP) is 0.492. The number of benzene rings is 1. The zero-order chi connectivity index (χ0) is 15.8. The molecule has 1 saturated carbocycles. The van der Waals surface area contributed by atoms with Gasteiger partial charge in [0.05, 0.1) is 6.04 Å². The number of nitrogen functional groups attached to an aromatic ring is 1. The Bertz CT molecular complexity index is 675. The second kappa shape index (κ2) is 5.57. The lowest BCUT2D eigenvalue weighted by Gasteiger charge is -2.15. The number of nitrogens with two attached hydrogens (primary N) is 1. The van der Waals surface area contributed by atoms with Crippen LogP contribution < -0.4 is 15.8 Å². The molecule has 0 saturated heterocycles. The van der Waals surface area contributed by atoms with Crippen LogP contribution in [0.4, 0.5) is 14.5 Å². The molecule has 1 aliphatic carbocycles. The van der Waals surface area contributed by atoms with Crippen LogP contribution in [0.25, 0.3) is 0 Å². The molecule has 1 fully saturated rings. The molecule has 21 heavy (non-hydrogen) atoms. The van der Waals surface area contributed by atoms with Crippen LogP contribution in [0.5, 0.6) is 0 Å². The number of carbonyl (C=O) groups excluding carboxylic acids is 1. The van der Waals surface area contributed by atoms with E-state index in [1.54, 1.807) is 0 Å². The summed E-state index contributed by atoms with van der Waals surface area (Å²) in [4.78, 5) is 10.9. The van der Waals surface area contributed by atoms with Gasteiger partial charge in [-0.25, -0.2) is 17.2 Å². The van der Waals surface area contributed by atoms with Crippen LogP contribution in [0.15, 0.2) is 17.0 Å². The summed E-state index contributed by atoms with van der Waals surface area (Å²) in [6.07, 6.45) is 1.71. The highest BCUT2D eigenvalue weighted by Gasteiger charge is 2.29. The maximum Gasteiger partial charge on any atom is 0.244 e. The fourth-order valence-corrected chi connectivity index (χ4v) is 2.95. The summed E-state index contributed by atoms with van der Waals surface area (Å²) < 4.78 is 52.9. The van der Waals surface area contributed by atoms with Crippen molar-refractivity contribution in [2.45, 2.75) is 36.7 Å². The molecular weight excluding hydrogens is 304 g/mol. The third-order valence-electron chi connectivity index (χ3n) is 3.03. The van der Waals surface area contributed by atoms with Crippen molar-refractivity contribution >= 4 is 21.6 Å². The lowest BCUT2D eigenvalue weighted by molar-refractivity contribution is -0.122. The van der Waals surface area contributed by atoms with Crippen molar-refractivity contribution in [3.05, 3.63) is 23.8 Å². The number of nitrogens with one attached hydrogen (secondary N) is 2. The first-order chi connectivity index (χ1) is 9.72. The Balaban J connectivity index is 2.18. The Morgan fingerprint density at radius 1 is 1.38 bits per heavy atom. The van der Waals surface area contributed by atoms with Crippen molar-refractivity contribution in [2.75, 3.05) is 5.73 Å². The minimum absolute atomic E-state index is 0.0719. The van der Waals surface area contributed by atoms with E-state index in [0.29, 0.717) is 0 Å². The van der Waals surface area contributed by atoms with Crippen LogP contribution in [-0.4, -0.2) is 26.4 Å². The van der Waals surface area contributed by atoms with Crippen LogP contribution in [0.1, 0.15) is 19.8 Å². The first kappa shape index (κ1) is 15.6. The summed E-state index contributed by atoms with van der Waals surface area (Å²) in [5.41, 5.74) is 4.24. The number of hydrogen-bond donors (Lipinski definition) is 3. The van der Waals surface area contributed by atoms with Gasteiger partial charge in [-0.05, 0) is 31.9 Å². The highest BCUT2D eigenvalue weighted by Crippen LogP contribution is 2.23. The summed E-state index contributed by atoms with van der Waals surface area (Å²) >= 11 is 0. The maximum atomic E-state index is 13.7. The lowest BCUT2D eigenvalue weighted by atomic mass is 10.3. The van der Waals surface area contributed by atoms with E-state index >= 15 is 0 Å². The summed E-state index contributed by atoms with van der Waals surface area (Å²) in [5.74, 6) is -2.93. The monoisotopic (exact) mass is 319 g/mol. The average molecular weight is 319 g/mol. The van der Waals surface area contributed by atoms with E-state index in [-0.39, 0.29) is 6.04 Å². The third-order valence-corrected chi connectivity index (χ3v) is 4.59. The first-order valence-corrected chi connectivity index (χ1v) is 7.77. The van der Waals surface area contributed by atoms with Gasteiger partial charge in [0, 0.05) is 6.04 Å². The topological polar surface area (TPSA) is 101 Å². The van der Waals surface area contributed by atoms with Gasteiger partial charge in [-0.15, -0.1) is 0 Å². The zero-order valence-electron chi connectivity index (χ0n) is 11.2. The standard InChI is InChI=1S/C12H15F2N3O3S/c1-6(12(18)16-7-2-3-7)17-21(19,20)9-5-4-8(13)11(15)10(9)14/h4-7,17H,2-3,15H2,1H3,(H,16,18). The molecule has 1 amide bonds. The normalized spacial score (nSPS) is 16.5. The Morgan fingerprint density at radius 2 is 2.00 bits per heavy atom. The summed E-state index contributed by atoms with van der Waals surface area (Å²) in [6, 6.07) is 0.500. The van der Waals surface area contributed by atoms with Gasteiger partial charge in [-0.1, -0.05) is 0 Å². The summed E-state index contributed by atoms with van der Waals surface area (Å²) in [5, 5.41) is 2.62. The van der Waals surface area contributed by atoms with Crippen LogP contribution >= 0.6 is 0 Å². The number of halogens is 2. The van der Waals surface area contributed by atoms with E-state index in [1.165, 1.54) is 6.92 Å². The number of amides is 1. The minimum atomic E-state index is -4.32. The van der Waals surface area contributed by atoms with Crippen molar-refractivity contribution in [3.63, 3.8) is 0 Å². The fourth-order valence-electron chi connectivity index (χ4n) is 1.66. The Kier molecular flexibility index (Phi) is 4.15. The molecule has 1 aromatic carbocycles. The maximum absolute atomic E-state index is 13.7. The summed E-state index contributed by atoms with van der Waals surface area (Å²) in [7, 11) is -4.32. The Hall–Kier alpha value is -1.74. The van der Waals surface area contributed by atoms with Gasteiger partial charge >= 0.3 is 0 Å². The molecule has 0 heterocycles. The van der Waals surface area contributed by atoms with Gasteiger partial charge < -0.3 is 11.1 Å². The SMILES string of the molecule is CC(NS(=O)(=O)c1ccc(F)c(N)c1F)C(=O)NC1CC1. The molecule has 4 N–H and O–H groups in total. The van der Waals surface area contributed by atoms with Gasteiger partial charge in [-0.3, -0.25) is 4.79 Å². The van der Waals surface area contributed by atoms with Gasteiger partial charge in [0.15, 0.2) is 5.82 Å². The zero-order valence-corrected chi connectivity index (χ0v) is 12.0. The van der Waals surface area contributed by atoms with Crippen molar-refractivity contribution in [2.24, 2.45) is 0 Å². The Morgan fingerprint density at radius 3 is 2.57 bits per heavy atom. The Labute approximate surface area is 120 Å². The lowest BCUT2D eigenvalue weighted by Crippen LogP contribution is -2.45. The molecule has 0 aromatic heterocycles. The first-order valence-electron chi connectivity index (χ1n) is 6.28. The third kappa shape index (κ3) is 3.48. The van der Waals surface area contributed by atoms with Crippen LogP contribution in [0, 0.1) is 11.6 Å². The number of hydrogen-bond acceptors (Lipinski definition) is 4. The molecule has 0 radical (unpaired) electrons. The van der Waals surface area contributed by atoms with Crippen molar-refractivity contribution in [1.82, 2.24) is 10.0 Å². The van der Waals surface area contributed by atoms with Gasteiger partial charge in [0.1, 0.15) is 16.4 Å². The van der Waals surface area contributed by atoms with E-state index in [2.05, 4.69) is 5.32 Å². The smallest absolute Gasteiger partial charge is 0.244 e. The van der Waals surface area contributed by atoms with Gasteiger partial charge in [0.2, 0.25) is 15.9 Å². The van der Waals surface area contributed by atoms with Gasteiger partial charge in [-0.2, -0.15) is 4.72 Å². The van der Waals surface area contributed by atoms with E-state index in [9.17, 15) is 22.0 Å². The fraction of sp³-hybridized carbons (Fsp3) is 0.417. The average Bonchev–Trinajstić information content (AvgIpc) is 3.19.